The molecule has 0 spiro atoms. The molecule has 0 bridgehead atoms. The van der Waals surface area contributed by atoms with Crippen molar-refractivity contribution in [3.8, 4) is 0 Å². The number of anilines is 1. The van der Waals surface area contributed by atoms with Crippen LogP contribution in [0.5, 0.6) is 0 Å². The number of fused-ring (bicyclic) bond motifs is 1. The lowest BCUT2D eigenvalue weighted by Gasteiger charge is -2.31. The predicted molar refractivity (Wildman–Crippen MR) is 113 cm³/mol. The van der Waals surface area contributed by atoms with Gasteiger partial charge in [0.05, 0.1) is 10.5 Å². The molecule has 1 unspecified atom stereocenters. The normalized spacial score (nSPS) is 15.6. The summed E-state index contributed by atoms with van der Waals surface area (Å²) in [5.41, 5.74) is -0.961. The SMILES string of the molecule is CC1=C(C(=O)O)C(c2cccc([N+](=O)[O-])c2Cl)n2c(cc(=O)n2C(=O)CCN(C)C)N1. The van der Waals surface area contributed by atoms with Crippen molar-refractivity contribution in [1.82, 2.24) is 14.3 Å². The van der Waals surface area contributed by atoms with Gasteiger partial charge in [-0.15, -0.1) is 0 Å². The Morgan fingerprint density at radius 3 is 2.61 bits per heavy atom. The van der Waals surface area contributed by atoms with E-state index in [-0.39, 0.29) is 34.1 Å². The van der Waals surface area contributed by atoms with E-state index in [2.05, 4.69) is 5.32 Å². The third-order valence-electron chi connectivity index (χ3n) is 4.91. The van der Waals surface area contributed by atoms with Crippen molar-refractivity contribution >= 4 is 35.0 Å². The first-order valence-corrected chi connectivity index (χ1v) is 9.58. The van der Waals surface area contributed by atoms with E-state index in [9.17, 15) is 29.6 Å². The fourth-order valence-electron chi connectivity index (χ4n) is 3.52. The van der Waals surface area contributed by atoms with Gasteiger partial charge in [-0.2, -0.15) is 4.68 Å². The van der Waals surface area contributed by atoms with Crippen LogP contribution in [0.2, 0.25) is 5.02 Å². The predicted octanol–water partition coefficient (Wildman–Crippen LogP) is 2.18. The van der Waals surface area contributed by atoms with E-state index in [4.69, 9.17) is 11.6 Å². The molecule has 0 amide bonds. The van der Waals surface area contributed by atoms with Gasteiger partial charge in [-0.1, -0.05) is 23.7 Å². The molecule has 31 heavy (non-hydrogen) atoms. The van der Waals surface area contributed by atoms with E-state index in [0.717, 1.165) is 4.68 Å². The fourth-order valence-corrected chi connectivity index (χ4v) is 3.81. The van der Waals surface area contributed by atoms with Crippen LogP contribution in [0.15, 0.2) is 40.3 Å². The van der Waals surface area contributed by atoms with E-state index >= 15 is 0 Å². The maximum Gasteiger partial charge on any atom is 0.335 e. The average Bonchev–Trinajstić information content (AvgIpc) is 3.00. The molecule has 3 rings (SSSR count). The molecule has 2 N–H and O–H groups in total. The summed E-state index contributed by atoms with van der Waals surface area (Å²) in [4.78, 5) is 50.1. The second kappa shape index (κ2) is 8.36. The number of aromatic nitrogens is 2. The van der Waals surface area contributed by atoms with Gasteiger partial charge < -0.3 is 15.3 Å². The summed E-state index contributed by atoms with van der Waals surface area (Å²) in [6.07, 6.45) is -0.00312. The highest BCUT2D eigenvalue weighted by molar-refractivity contribution is 6.33. The number of allylic oxidation sites excluding steroid dienone is 1. The summed E-state index contributed by atoms with van der Waals surface area (Å²) in [7, 11) is 3.54. The molecule has 1 aliphatic rings. The molecule has 0 radical (unpaired) electrons. The lowest BCUT2D eigenvalue weighted by Crippen LogP contribution is -2.37. The molecule has 0 aliphatic carbocycles. The largest absolute Gasteiger partial charge is 0.478 e. The highest BCUT2D eigenvalue weighted by Gasteiger charge is 2.38. The topological polar surface area (TPSA) is 140 Å². The first-order chi connectivity index (χ1) is 14.5. The van der Waals surface area contributed by atoms with Crippen LogP contribution < -0.4 is 10.9 Å². The molecule has 12 heteroatoms. The molecule has 11 nitrogen and oxygen atoms in total. The van der Waals surface area contributed by atoms with Crippen molar-refractivity contribution in [2.24, 2.45) is 0 Å². The van der Waals surface area contributed by atoms with Crippen molar-refractivity contribution in [2.75, 3.05) is 26.0 Å². The van der Waals surface area contributed by atoms with Gasteiger partial charge in [0.2, 0.25) is 5.91 Å². The number of benzene rings is 1. The summed E-state index contributed by atoms with van der Waals surface area (Å²) in [5, 5.41) is 23.8. The van der Waals surface area contributed by atoms with Crippen LogP contribution in [0.25, 0.3) is 0 Å². The monoisotopic (exact) mass is 449 g/mol. The molecule has 0 fully saturated rings. The molecule has 0 saturated heterocycles. The quantitative estimate of drug-likeness (QED) is 0.505. The third kappa shape index (κ3) is 3.97. The maximum absolute atomic E-state index is 12.9. The second-order valence-electron chi connectivity index (χ2n) is 7.28. The Hall–Kier alpha value is -3.44. The molecule has 1 aromatic heterocycles. The first kappa shape index (κ1) is 22.2. The zero-order valence-electron chi connectivity index (χ0n) is 17.0. The zero-order valence-corrected chi connectivity index (χ0v) is 17.7. The van der Waals surface area contributed by atoms with Gasteiger partial charge in [-0.25, -0.2) is 9.48 Å². The molecule has 2 heterocycles. The Morgan fingerprint density at radius 2 is 2.03 bits per heavy atom. The van der Waals surface area contributed by atoms with Gasteiger partial charge >= 0.3 is 5.97 Å². The number of nitrogens with one attached hydrogen (secondary N) is 1. The molecular weight excluding hydrogens is 430 g/mol. The lowest BCUT2D eigenvalue weighted by atomic mass is 9.95. The zero-order chi connectivity index (χ0) is 23.0. The third-order valence-corrected chi connectivity index (χ3v) is 5.32. The highest BCUT2D eigenvalue weighted by atomic mass is 35.5. The Balaban J connectivity index is 2.30. The molecule has 2 aromatic rings. The smallest absolute Gasteiger partial charge is 0.335 e. The average molecular weight is 450 g/mol. The van der Waals surface area contributed by atoms with Crippen molar-refractivity contribution in [1.29, 1.82) is 0 Å². The van der Waals surface area contributed by atoms with Crippen molar-refractivity contribution in [3.05, 3.63) is 66.6 Å². The number of carboxylic acid groups (broad SMARTS) is 1. The van der Waals surface area contributed by atoms with Gasteiger partial charge in [-0.05, 0) is 21.0 Å². The summed E-state index contributed by atoms with van der Waals surface area (Å²) < 4.78 is 2.04. The van der Waals surface area contributed by atoms with Crippen LogP contribution in [0.4, 0.5) is 11.5 Å². The van der Waals surface area contributed by atoms with Crippen molar-refractivity contribution in [3.63, 3.8) is 0 Å². The van der Waals surface area contributed by atoms with Gasteiger partial charge in [0.15, 0.2) is 0 Å². The summed E-state index contributed by atoms with van der Waals surface area (Å²) in [6.45, 7) is 1.86. The van der Waals surface area contributed by atoms with Gasteiger partial charge in [0.25, 0.3) is 11.2 Å². The number of carboxylic acids is 1. The molecule has 1 aromatic carbocycles. The van der Waals surface area contributed by atoms with Crippen molar-refractivity contribution in [2.45, 2.75) is 19.4 Å². The first-order valence-electron chi connectivity index (χ1n) is 9.21. The van der Waals surface area contributed by atoms with Crippen molar-refractivity contribution < 1.29 is 19.6 Å². The molecule has 1 aliphatic heterocycles. The summed E-state index contributed by atoms with van der Waals surface area (Å²) >= 11 is 6.29. The molecular formula is C19H20ClN5O6. The fraction of sp³-hybridized carbons (Fsp3) is 0.316. The lowest BCUT2D eigenvalue weighted by molar-refractivity contribution is -0.384. The van der Waals surface area contributed by atoms with E-state index < -0.39 is 34.1 Å². The van der Waals surface area contributed by atoms with E-state index in [1.807, 2.05) is 0 Å². The highest BCUT2D eigenvalue weighted by Crippen LogP contribution is 2.41. The number of hydrogen-bond acceptors (Lipinski definition) is 7. The van der Waals surface area contributed by atoms with Crippen LogP contribution >= 0.6 is 11.6 Å². The minimum absolute atomic E-state index is 0.00312. The Labute approximate surface area is 181 Å². The second-order valence-corrected chi connectivity index (χ2v) is 7.66. The summed E-state index contributed by atoms with van der Waals surface area (Å²) in [5.74, 6) is -1.70. The van der Waals surface area contributed by atoms with E-state index in [1.165, 1.54) is 35.9 Å². The number of carbonyl (C=O) groups excluding carboxylic acids is 1. The van der Waals surface area contributed by atoms with Crippen LogP contribution in [0.1, 0.15) is 29.7 Å². The number of carbonyl (C=O) groups is 2. The van der Waals surface area contributed by atoms with Gasteiger partial charge in [-0.3, -0.25) is 19.7 Å². The minimum atomic E-state index is -1.32. The number of aliphatic carboxylic acids is 1. The molecule has 1 atom stereocenters. The molecule has 164 valence electrons. The minimum Gasteiger partial charge on any atom is -0.478 e. The Bertz CT molecular complexity index is 1180. The Kier molecular flexibility index (Phi) is 6.00. The standard InChI is InChI=1S/C19H20ClN5O6/c1-10-16(19(28)29)18(11-5-4-6-12(17(11)20)25(30)31)23-13(21-10)9-15(27)24(23)14(26)7-8-22(2)3/h4-6,9,18,21H,7-8H2,1-3H3,(H,28,29). The number of hydrogen-bond donors (Lipinski definition) is 2. The van der Waals surface area contributed by atoms with Crippen LogP contribution in [-0.2, 0) is 4.79 Å². The number of nitro benzene ring substituents is 1. The number of rotatable bonds is 6. The van der Waals surface area contributed by atoms with E-state index in [1.54, 1.807) is 19.0 Å². The number of nitro groups is 1. The number of halogens is 1. The van der Waals surface area contributed by atoms with Crippen LogP contribution in [0, 0.1) is 10.1 Å². The van der Waals surface area contributed by atoms with Gasteiger partial charge in [0.1, 0.15) is 16.9 Å². The van der Waals surface area contributed by atoms with Crippen LogP contribution in [0.3, 0.4) is 0 Å². The summed E-state index contributed by atoms with van der Waals surface area (Å²) in [6, 6.07) is 3.93. The molecule has 0 saturated carbocycles. The van der Waals surface area contributed by atoms with Gasteiger partial charge in [0, 0.05) is 36.4 Å². The number of nitrogens with zero attached hydrogens (tertiary/aromatic N) is 4. The van der Waals surface area contributed by atoms with E-state index in [0.29, 0.717) is 6.54 Å². The Morgan fingerprint density at radius 1 is 1.35 bits per heavy atom. The maximum atomic E-state index is 12.9. The van der Waals surface area contributed by atoms with Crippen LogP contribution in [-0.4, -0.2) is 56.8 Å².